The molecule has 0 heterocycles. The Kier molecular flexibility index (Phi) is 5.70. The summed E-state index contributed by atoms with van der Waals surface area (Å²) >= 11 is 0. The van der Waals surface area contributed by atoms with Crippen LogP contribution >= 0.6 is 0 Å². The van der Waals surface area contributed by atoms with Gasteiger partial charge in [-0.1, -0.05) is 38.1 Å². The van der Waals surface area contributed by atoms with Crippen LogP contribution in [0.5, 0.6) is 0 Å². The molecule has 3 nitrogen and oxygen atoms in total. The monoisotopic (exact) mass is 235 g/mol. The second kappa shape index (κ2) is 7.07. The molecule has 2 N–H and O–H groups in total. The number of carboxylic acids is 1. The maximum absolute atomic E-state index is 10.4. The summed E-state index contributed by atoms with van der Waals surface area (Å²) in [6.45, 7) is 5.25. The van der Waals surface area contributed by atoms with E-state index in [1.54, 1.807) is 0 Å². The Balaban J connectivity index is 2.36. The van der Waals surface area contributed by atoms with E-state index in [2.05, 4.69) is 31.3 Å². The number of hydrogen-bond acceptors (Lipinski definition) is 2. The Bertz CT molecular complexity index is 344. The van der Waals surface area contributed by atoms with Crippen LogP contribution in [-0.4, -0.2) is 23.7 Å². The fourth-order valence-electron chi connectivity index (χ4n) is 1.63. The Morgan fingerprint density at radius 1 is 1.18 bits per heavy atom. The average Bonchev–Trinajstić information content (AvgIpc) is 2.27. The van der Waals surface area contributed by atoms with Gasteiger partial charge in [-0.25, -0.2) is 0 Å². The molecule has 0 bridgehead atoms. The van der Waals surface area contributed by atoms with E-state index >= 15 is 0 Å². The summed E-state index contributed by atoms with van der Waals surface area (Å²) in [5.41, 5.74) is 2.38. The third-order valence-corrected chi connectivity index (χ3v) is 2.62. The largest absolute Gasteiger partial charge is 0.481 e. The molecule has 0 aromatic heterocycles. The molecule has 3 heteroatoms. The van der Waals surface area contributed by atoms with Crippen LogP contribution in [0.15, 0.2) is 24.3 Å². The summed E-state index contributed by atoms with van der Waals surface area (Å²) in [7, 11) is 0. The van der Waals surface area contributed by atoms with E-state index < -0.39 is 5.97 Å². The van der Waals surface area contributed by atoms with Crippen LogP contribution in [0.2, 0.25) is 0 Å². The molecule has 1 aromatic carbocycles. The lowest BCUT2D eigenvalue weighted by molar-refractivity contribution is -0.136. The van der Waals surface area contributed by atoms with Gasteiger partial charge in [-0.05, 0) is 30.5 Å². The van der Waals surface area contributed by atoms with Crippen LogP contribution in [0.3, 0.4) is 0 Å². The molecule has 17 heavy (non-hydrogen) atoms. The van der Waals surface area contributed by atoms with E-state index in [1.165, 1.54) is 5.56 Å². The second-order valence-corrected chi connectivity index (χ2v) is 4.57. The fraction of sp³-hybridized carbons (Fsp3) is 0.500. The molecule has 0 amide bonds. The normalized spacial score (nSPS) is 10.8. The van der Waals surface area contributed by atoms with Crippen LogP contribution in [-0.2, 0) is 17.6 Å². The van der Waals surface area contributed by atoms with Crippen LogP contribution in [0.4, 0.5) is 0 Å². The molecule has 0 atom stereocenters. The first-order valence-corrected chi connectivity index (χ1v) is 6.11. The van der Waals surface area contributed by atoms with Crippen LogP contribution in [0.25, 0.3) is 0 Å². The van der Waals surface area contributed by atoms with Crippen LogP contribution < -0.4 is 5.32 Å². The molecular formula is C14H21NO2. The van der Waals surface area contributed by atoms with Gasteiger partial charge in [0.2, 0.25) is 0 Å². The Morgan fingerprint density at radius 3 is 2.18 bits per heavy atom. The molecule has 0 unspecified atom stereocenters. The van der Waals surface area contributed by atoms with Gasteiger partial charge >= 0.3 is 5.97 Å². The van der Waals surface area contributed by atoms with Crippen molar-refractivity contribution in [2.75, 3.05) is 6.54 Å². The number of aryl methyl sites for hydroxylation is 1. The van der Waals surface area contributed by atoms with Gasteiger partial charge in [0.25, 0.3) is 0 Å². The molecule has 94 valence electrons. The highest BCUT2D eigenvalue weighted by Crippen LogP contribution is 2.07. The third kappa shape index (κ3) is 6.07. The summed E-state index contributed by atoms with van der Waals surface area (Å²) in [6, 6.07) is 8.73. The summed E-state index contributed by atoms with van der Waals surface area (Å²) < 4.78 is 0. The topological polar surface area (TPSA) is 49.3 Å². The van der Waals surface area contributed by atoms with Gasteiger partial charge in [0.1, 0.15) is 0 Å². The Morgan fingerprint density at radius 2 is 1.71 bits per heavy atom. The molecule has 1 aromatic rings. The van der Waals surface area contributed by atoms with Crippen LogP contribution in [0.1, 0.15) is 31.4 Å². The minimum Gasteiger partial charge on any atom is -0.481 e. The SMILES string of the molecule is CC(C)NCCc1ccc(CCC(=O)O)cc1. The number of aliphatic carboxylic acids is 1. The highest BCUT2D eigenvalue weighted by atomic mass is 16.4. The number of carbonyl (C=O) groups is 1. The molecular weight excluding hydrogens is 214 g/mol. The summed E-state index contributed by atoms with van der Waals surface area (Å²) in [5, 5.41) is 12.0. The quantitative estimate of drug-likeness (QED) is 0.762. The maximum Gasteiger partial charge on any atom is 0.303 e. The van der Waals surface area contributed by atoms with Gasteiger partial charge in [0.15, 0.2) is 0 Å². The van der Waals surface area contributed by atoms with E-state index in [0.29, 0.717) is 12.5 Å². The number of rotatable bonds is 7. The molecule has 0 radical (unpaired) electrons. The predicted molar refractivity (Wildman–Crippen MR) is 69.2 cm³/mol. The first-order chi connectivity index (χ1) is 8.08. The van der Waals surface area contributed by atoms with Gasteiger partial charge < -0.3 is 10.4 Å². The van der Waals surface area contributed by atoms with E-state index in [4.69, 9.17) is 5.11 Å². The predicted octanol–water partition coefficient (Wildman–Crippen LogP) is 2.24. The standard InChI is InChI=1S/C14H21NO2/c1-11(2)15-10-9-13-5-3-12(4-6-13)7-8-14(16)17/h3-6,11,15H,7-10H2,1-2H3,(H,16,17). The number of carboxylic acid groups (broad SMARTS) is 1. The summed E-state index contributed by atoms with van der Waals surface area (Å²) in [4.78, 5) is 10.4. The van der Waals surface area contributed by atoms with E-state index in [-0.39, 0.29) is 6.42 Å². The van der Waals surface area contributed by atoms with Gasteiger partial charge in [-0.2, -0.15) is 0 Å². The molecule has 0 aliphatic heterocycles. The van der Waals surface area contributed by atoms with Crippen molar-refractivity contribution in [1.29, 1.82) is 0 Å². The van der Waals surface area contributed by atoms with Crippen molar-refractivity contribution in [1.82, 2.24) is 5.32 Å². The Labute approximate surface area is 103 Å². The van der Waals surface area contributed by atoms with E-state index in [1.807, 2.05) is 12.1 Å². The average molecular weight is 235 g/mol. The van der Waals surface area contributed by atoms with Crippen molar-refractivity contribution < 1.29 is 9.90 Å². The second-order valence-electron chi connectivity index (χ2n) is 4.57. The first kappa shape index (κ1) is 13.7. The number of hydrogen-bond donors (Lipinski definition) is 2. The van der Waals surface area contributed by atoms with Crippen LogP contribution in [0, 0.1) is 0 Å². The molecule has 0 saturated heterocycles. The number of nitrogens with one attached hydrogen (secondary N) is 1. The maximum atomic E-state index is 10.4. The third-order valence-electron chi connectivity index (χ3n) is 2.62. The zero-order valence-corrected chi connectivity index (χ0v) is 10.6. The smallest absolute Gasteiger partial charge is 0.303 e. The molecule has 0 spiro atoms. The van der Waals surface area contributed by atoms with Crippen molar-refractivity contribution in [3.05, 3.63) is 35.4 Å². The lowest BCUT2D eigenvalue weighted by Crippen LogP contribution is -2.24. The van der Waals surface area contributed by atoms with Gasteiger partial charge in [-0.15, -0.1) is 0 Å². The lowest BCUT2D eigenvalue weighted by Gasteiger charge is -2.08. The van der Waals surface area contributed by atoms with Gasteiger partial charge in [0.05, 0.1) is 0 Å². The van der Waals surface area contributed by atoms with Gasteiger partial charge in [0, 0.05) is 12.5 Å². The van der Waals surface area contributed by atoms with Crippen molar-refractivity contribution in [2.24, 2.45) is 0 Å². The molecule has 0 saturated carbocycles. The molecule has 0 aliphatic rings. The lowest BCUT2D eigenvalue weighted by atomic mass is 10.1. The van der Waals surface area contributed by atoms with E-state index in [9.17, 15) is 4.79 Å². The van der Waals surface area contributed by atoms with E-state index in [0.717, 1.165) is 18.5 Å². The minimum absolute atomic E-state index is 0.203. The van der Waals surface area contributed by atoms with Crippen molar-refractivity contribution in [3.8, 4) is 0 Å². The highest BCUT2D eigenvalue weighted by molar-refractivity contribution is 5.67. The minimum atomic E-state index is -0.741. The zero-order chi connectivity index (χ0) is 12.7. The summed E-state index contributed by atoms with van der Waals surface area (Å²) in [6.07, 6.45) is 1.82. The van der Waals surface area contributed by atoms with Crippen molar-refractivity contribution in [2.45, 2.75) is 39.2 Å². The highest BCUT2D eigenvalue weighted by Gasteiger charge is 2.00. The van der Waals surface area contributed by atoms with Crippen molar-refractivity contribution >= 4 is 5.97 Å². The first-order valence-electron chi connectivity index (χ1n) is 6.11. The fourth-order valence-corrected chi connectivity index (χ4v) is 1.63. The molecule has 0 aliphatic carbocycles. The Hall–Kier alpha value is -1.35. The molecule has 0 fully saturated rings. The molecule has 1 rings (SSSR count). The van der Waals surface area contributed by atoms with Crippen molar-refractivity contribution in [3.63, 3.8) is 0 Å². The number of benzene rings is 1. The summed E-state index contributed by atoms with van der Waals surface area (Å²) in [5.74, 6) is -0.741. The van der Waals surface area contributed by atoms with Gasteiger partial charge in [-0.3, -0.25) is 4.79 Å². The zero-order valence-electron chi connectivity index (χ0n) is 10.6.